The SMILES string of the molecule is CN(C)c1cc(C(=O)N2CCN(C(=O)C3CCCCC3)CC2)ccn1. The number of hydrogen-bond acceptors (Lipinski definition) is 4. The predicted octanol–water partition coefficient (Wildman–Crippen LogP) is 2.01. The van der Waals surface area contributed by atoms with E-state index in [9.17, 15) is 9.59 Å². The minimum absolute atomic E-state index is 0.0234. The number of carbonyl (C=O) groups is 2. The average Bonchev–Trinajstić information content (AvgIpc) is 2.67. The van der Waals surface area contributed by atoms with Gasteiger partial charge in [0.15, 0.2) is 0 Å². The van der Waals surface area contributed by atoms with Gasteiger partial charge in [-0.15, -0.1) is 0 Å². The smallest absolute Gasteiger partial charge is 0.254 e. The summed E-state index contributed by atoms with van der Waals surface area (Å²) < 4.78 is 0. The Morgan fingerprint density at radius 1 is 1.04 bits per heavy atom. The first-order chi connectivity index (χ1) is 12.1. The monoisotopic (exact) mass is 344 g/mol. The van der Waals surface area contributed by atoms with Gasteiger partial charge in [0, 0.05) is 58.0 Å². The normalized spacial score (nSPS) is 19.0. The van der Waals surface area contributed by atoms with E-state index in [2.05, 4.69) is 4.98 Å². The maximum Gasteiger partial charge on any atom is 0.254 e. The van der Waals surface area contributed by atoms with Crippen molar-refractivity contribution in [3.8, 4) is 0 Å². The highest BCUT2D eigenvalue weighted by molar-refractivity contribution is 5.95. The van der Waals surface area contributed by atoms with E-state index in [-0.39, 0.29) is 11.8 Å². The summed E-state index contributed by atoms with van der Waals surface area (Å²) in [6.45, 7) is 2.51. The van der Waals surface area contributed by atoms with Crippen LogP contribution in [-0.2, 0) is 4.79 Å². The molecule has 0 bridgehead atoms. The first-order valence-electron chi connectivity index (χ1n) is 9.27. The first kappa shape index (κ1) is 17.7. The second kappa shape index (κ2) is 7.85. The molecule has 0 unspecified atom stereocenters. The van der Waals surface area contributed by atoms with Crippen LogP contribution in [0.3, 0.4) is 0 Å². The standard InChI is InChI=1S/C19H28N4O2/c1-21(2)17-14-16(8-9-20-17)19(25)23-12-10-22(11-13-23)18(24)15-6-4-3-5-7-15/h8-9,14-15H,3-7,10-13H2,1-2H3. The molecular weight excluding hydrogens is 316 g/mol. The zero-order valence-electron chi connectivity index (χ0n) is 15.3. The average molecular weight is 344 g/mol. The van der Waals surface area contributed by atoms with Crippen molar-refractivity contribution in [2.45, 2.75) is 32.1 Å². The minimum Gasteiger partial charge on any atom is -0.363 e. The predicted molar refractivity (Wildman–Crippen MR) is 97.6 cm³/mol. The van der Waals surface area contributed by atoms with Crippen molar-refractivity contribution >= 4 is 17.6 Å². The number of nitrogens with zero attached hydrogens (tertiary/aromatic N) is 4. The van der Waals surface area contributed by atoms with Gasteiger partial charge >= 0.3 is 0 Å². The highest BCUT2D eigenvalue weighted by atomic mass is 16.2. The van der Waals surface area contributed by atoms with E-state index in [4.69, 9.17) is 0 Å². The zero-order chi connectivity index (χ0) is 17.8. The Hall–Kier alpha value is -2.11. The molecule has 0 N–H and O–H groups in total. The fourth-order valence-electron chi connectivity index (χ4n) is 3.72. The van der Waals surface area contributed by atoms with Gasteiger partial charge < -0.3 is 14.7 Å². The molecule has 1 saturated heterocycles. The summed E-state index contributed by atoms with van der Waals surface area (Å²) in [4.78, 5) is 35.3. The van der Waals surface area contributed by atoms with Crippen LogP contribution >= 0.6 is 0 Å². The number of aromatic nitrogens is 1. The summed E-state index contributed by atoms with van der Waals surface area (Å²) in [6.07, 6.45) is 7.33. The maximum absolute atomic E-state index is 12.7. The molecule has 1 aliphatic carbocycles. The minimum atomic E-state index is 0.0234. The molecule has 2 aliphatic rings. The van der Waals surface area contributed by atoms with Crippen LogP contribution in [0.2, 0.25) is 0 Å². The Morgan fingerprint density at radius 3 is 2.32 bits per heavy atom. The summed E-state index contributed by atoms with van der Waals surface area (Å²) >= 11 is 0. The molecule has 1 aromatic heterocycles. The van der Waals surface area contributed by atoms with E-state index in [0.717, 1.165) is 18.7 Å². The molecule has 0 radical (unpaired) electrons. The van der Waals surface area contributed by atoms with E-state index >= 15 is 0 Å². The van der Waals surface area contributed by atoms with Gasteiger partial charge in [0.2, 0.25) is 5.91 Å². The fraction of sp³-hybridized carbons (Fsp3) is 0.632. The third kappa shape index (κ3) is 4.11. The molecule has 2 amide bonds. The fourth-order valence-corrected chi connectivity index (χ4v) is 3.72. The van der Waals surface area contributed by atoms with Crippen molar-refractivity contribution in [3.63, 3.8) is 0 Å². The maximum atomic E-state index is 12.7. The topological polar surface area (TPSA) is 56.8 Å². The molecule has 6 heteroatoms. The highest BCUT2D eigenvalue weighted by Crippen LogP contribution is 2.26. The van der Waals surface area contributed by atoms with Gasteiger partial charge in [-0.3, -0.25) is 9.59 Å². The van der Waals surface area contributed by atoms with Gasteiger partial charge in [0.1, 0.15) is 5.82 Å². The Morgan fingerprint density at radius 2 is 1.68 bits per heavy atom. The van der Waals surface area contributed by atoms with Gasteiger partial charge in [-0.25, -0.2) is 4.98 Å². The van der Waals surface area contributed by atoms with Crippen LogP contribution in [0, 0.1) is 5.92 Å². The summed E-state index contributed by atoms with van der Waals surface area (Å²) in [7, 11) is 3.82. The third-order valence-corrected chi connectivity index (χ3v) is 5.28. The molecule has 1 aliphatic heterocycles. The molecule has 1 aromatic rings. The number of anilines is 1. The van der Waals surface area contributed by atoms with Crippen LogP contribution in [0.4, 0.5) is 5.82 Å². The molecule has 6 nitrogen and oxygen atoms in total. The Kier molecular flexibility index (Phi) is 5.56. The summed E-state index contributed by atoms with van der Waals surface area (Å²) in [6, 6.07) is 3.58. The molecular formula is C19H28N4O2. The van der Waals surface area contributed by atoms with Crippen LogP contribution in [0.15, 0.2) is 18.3 Å². The van der Waals surface area contributed by atoms with E-state index < -0.39 is 0 Å². The highest BCUT2D eigenvalue weighted by Gasteiger charge is 2.30. The number of rotatable bonds is 3. The quantitative estimate of drug-likeness (QED) is 0.842. The molecule has 0 aromatic carbocycles. The van der Waals surface area contributed by atoms with Gasteiger partial charge in [-0.2, -0.15) is 0 Å². The molecule has 2 fully saturated rings. The number of pyridine rings is 1. The largest absolute Gasteiger partial charge is 0.363 e. The van der Waals surface area contributed by atoms with Crippen LogP contribution in [0.5, 0.6) is 0 Å². The van der Waals surface area contributed by atoms with Gasteiger partial charge in [0.25, 0.3) is 5.91 Å². The van der Waals surface area contributed by atoms with Crippen LogP contribution in [0.25, 0.3) is 0 Å². The van der Waals surface area contributed by atoms with Crippen LogP contribution < -0.4 is 4.90 Å². The number of hydrogen-bond donors (Lipinski definition) is 0. The zero-order valence-corrected chi connectivity index (χ0v) is 15.3. The van der Waals surface area contributed by atoms with Crippen molar-refractivity contribution in [3.05, 3.63) is 23.9 Å². The number of carbonyl (C=O) groups excluding carboxylic acids is 2. The number of piperazine rings is 1. The Labute approximate surface area is 149 Å². The van der Waals surface area contributed by atoms with Gasteiger partial charge in [-0.05, 0) is 25.0 Å². The molecule has 25 heavy (non-hydrogen) atoms. The molecule has 0 spiro atoms. The third-order valence-electron chi connectivity index (χ3n) is 5.28. The lowest BCUT2D eigenvalue weighted by molar-refractivity contribution is -0.138. The van der Waals surface area contributed by atoms with E-state index in [1.54, 1.807) is 12.3 Å². The van der Waals surface area contributed by atoms with Crippen molar-refractivity contribution < 1.29 is 9.59 Å². The van der Waals surface area contributed by atoms with Crippen molar-refractivity contribution in [1.82, 2.24) is 14.8 Å². The second-order valence-electron chi connectivity index (χ2n) is 7.25. The van der Waals surface area contributed by atoms with Gasteiger partial charge in [0.05, 0.1) is 0 Å². The Balaban J connectivity index is 1.57. The van der Waals surface area contributed by atoms with E-state index in [1.807, 2.05) is 34.9 Å². The van der Waals surface area contributed by atoms with Crippen LogP contribution in [-0.4, -0.2) is 66.9 Å². The molecule has 0 atom stereocenters. The van der Waals surface area contributed by atoms with E-state index in [0.29, 0.717) is 37.6 Å². The molecule has 1 saturated carbocycles. The van der Waals surface area contributed by atoms with Crippen molar-refractivity contribution in [2.24, 2.45) is 5.92 Å². The molecule has 3 rings (SSSR count). The summed E-state index contributed by atoms with van der Waals surface area (Å²) in [5, 5.41) is 0. The second-order valence-corrected chi connectivity index (χ2v) is 7.25. The molecule has 136 valence electrons. The van der Waals surface area contributed by atoms with E-state index in [1.165, 1.54) is 19.3 Å². The van der Waals surface area contributed by atoms with Crippen molar-refractivity contribution in [1.29, 1.82) is 0 Å². The number of amides is 2. The summed E-state index contributed by atoms with van der Waals surface area (Å²) in [5.74, 6) is 1.30. The lowest BCUT2D eigenvalue weighted by atomic mass is 9.88. The lowest BCUT2D eigenvalue weighted by Gasteiger charge is -2.37. The first-order valence-corrected chi connectivity index (χ1v) is 9.27. The van der Waals surface area contributed by atoms with Gasteiger partial charge in [-0.1, -0.05) is 19.3 Å². The Bertz CT molecular complexity index is 618. The molecule has 2 heterocycles. The summed E-state index contributed by atoms with van der Waals surface area (Å²) in [5.41, 5.74) is 0.658. The lowest BCUT2D eigenvalue weighted by Crippen LogP contribution is -2.52. The van der Waals surface area contributed by atoms with Crippen molar-refractivity contribution in [2.75, 3.05) is 45.2 Å². The van der Waals surface area contributed by atoms with Crippen LogP contribution in [0.1, 0.15) is 42.5 Å².